The molecule has 2 N–H and O–H groups in total. The second-order valence-corrected chi connectivity index (χ2v) is 4.46. The number of rotatable bonds is 4. The summed E-state index contributed by atoms with van der Waals surface area (Å²) in [4.78, 5) is 22.8. The summed E-state index contributed by atoms with van der Waals surface area (Å²) >= 11 is 1.09. The van der Waals surface area contributed by atoms with Crippen LogP contribution in [0, 0.1) is 6.92 Å². The molecule has 0 atom stereocenters. The van der Waals surface area contributed by atoms with Crippen LogP contribution in [0.25, 0.3) is 0 Å². The lowest BCUT2D eigenvalue weighted by Gasteiger charge is -2.05. The second-order valence-electron chi connectivity index (χ2n) is 3.58. The standard InChI is InChI=1S/C10H10N4O3S/c1-6-5-18-9(10(16)17)8(6)12-7(15)4-14-3-2-11-13-14/h2-3,5H,4H2,1H3,(H,12,15)(H,16,17). The van der Waals surface area contributed by atoms with Gasteiger partial charge in [0, 0.05) is 6.20 Å². The number of nitrogens with one attached hydrogen (secondary N) is 1. The molecule has 2 aromatic heterocycles. The van der Waals surface area contributed by atoms with E-state index in [4.69, 9.17) is 5.11 Å². The zero-order valence-electron chi connectivity index (χ0n) is 9.45. The minimum absolute atomic E-state index is 0.00561. The van der Waals surface area contributed by atoms with E-state index in [0.29, 0.717) is 5.69 Å². The number of carboxylic acids is 1. The summed E-state index contributed by atoms with van der Waals surface area (Å²) in [7, 11) is 0. The zero-order chi connectivity index (χ0) is 13.1. The highest BCUT2D eigenvalue weighted by Crippen LogP contribution is 2.27. The van der Waals surface area contributed by atoms with Crippen molar-refractivity contribution in [2.45, 2.75) is 13.5 Å². The Morgan fingerprint density at radius 1 is 1.56 bits per heavy atom. The van der Waals surface area contributed by atoms with Crippen LogP contribution in [0.5, 0.6) is 0 Å². The molecule has 0 spiro atoms. The van der Waals surface area contributed by atoms with E-state index in [-0.39, 0.29) is 17.3 Å². The third-order valence-corrected chi connectivity index (χ3v) is 3.30. The molecule has 0 bridgehead atoms. The van der Waals surface area contributed by atoms with Crippen molar-refractivity contribution in [2.24, 2.45) is 0 Å². The number of carbonyl (C=O) groups excluding carboxylic acids is 1. The largest absolute Gasteiger partial charge is 0.477 e. The van der Waals surface area contributed by atoms with Crippen LogP contribution < -0.4 is 5.32 Å². The molecular weight excluding hydrogens is 256 g/mol. The van der Waals surface area contributed by atoms with Crippen LogP contribution in [0.2, 0.25) is 0 Å². The Morgan fingerprint density at radius 3 is 2.94 bits per heavy atom. The van der Waals surface area contributed by atoms with Gasteiger partial charge >= 0.3 is 5.97 Å². The minimum Gasteiger partial charge on any atom is -0.477 e. The monoisotopic (exact) mass is 266 g/mol. The van der Waals surface area contributed by atoms with Gasteiger partial charge in [0.25, 0.3) is 0 Å². The van der Waals surface area contributed by atoms with Crippen LogP contribution in [-0.2, 0) is 11.3 Å². The molecule has 0 saturated heterocycles. The quantitative estimate of drug-likeness (QED) is 0.860. The van der Waals surface area contributed by atoms with Gasteiger partial charge in [-0.3, -0.25) is 4.79 Å². The van der Waals surface area contributed by atoms with Gasteiger partial charge in [0.2, 0.25) is 5.91 Å². The first kappa shape index (κ1) is 12.2. The SMILES string of the molecule is Cc1csc(C(=O)O)c1NC(=O)Cn1ccnn1. The Morgan fingerprint density at radius 2 is 2.33 bits per heavy atom. The number of hydrogen-bond donors (Lipinski definition) is 2. The van der Waals surface area contributed by atoms with E-state index >= 15 is 0 Å². The van der Waals surface area contributed by atoms with Crippen LogP contribution >= 0.6 is 11.3 Å². The summed E-state index contributed by atoms with van der Waals surface area (Å²) in [6.45, 7) is 1.74. The number of aryl methyl sites for hydroxylation is 1. The number of aromatic nitrogens is 3. The first-order chi connectivity index (χ1) is 8.58. The van der Waals surface area contributed by atoms with Gasteiger partial charge in [-0.2, -0.15) is 0 Å². The molecule has 94 valence electrons. The Bertz CT molecular complexity index is 576. The lowest BCUT2D eigenvalue weighted by atomic mass is 10.2. The molecule has 0 aliphatic heterocycles. The number of aromatic carboxylic acids is 1. The van der Waals surface area contributed by atoms with Crippen molar-refractivity contribution in [2.75, 3.05) is 5.32 Å². The maximum Gasteiger partial charge on any atom is 0.348 e. The van der Waals surface area contributed by atoms with Gasteiger partial charge in [-0.25, -0.2) is 9.48 Å². The van der Waals surface area contributed by atoms with Crippen molar-refractivity contribution >= 4 is 28.9 Å². The fourth-order valence-corrected chi connectivity index (χ4v) is 2.24. The highest BCUT2D eigenvalue weighted by Gasteiger charge is 2.17. The van der Waals surface area contributed by atoms with E-state index in [2.05, 4.69) is 15.6 Å². The van der Waals surface area contributed by atoms with E-state index < -0.39 is 5.97 Å². The van der Waals surface area contributed by atoms with Crippen molar-refractivity contribution in [1.82, 2.24) is 15.0 Å². The molecule has 7 nitrogen and oxygen atoms in total. The third-order valence-electron chi connectivity index (χ3n) is 2.21. The number of carbonyl (C=O) groups is 2. The van der Waals surface area contributed by atoms with E-state index in [1.165, 1.54) is 10.9 Å². The second kappa shape index (κ2) is 4.96. The van der Waals surface area contributed by atoms with Crippen molar-refractivity contribution in [3.05, 3.63) is 28.2 Å². The van der Waals surface area contributed by atoms with Crippen molar-refractivity contribution < 1.29 is 14.7 Å². The summed E-state index contributed by atoms with van der Waals surface area (Å²) in [5.41, 5.74) is 1.07. The zero-order valence-corrected chi connectivity index (χ0v) is 10.3. The molecule has 18 heavy (non-hydrogen) atoms. The summed E-state index contributed by atoms with van der Waals surface area (Å²) in [6.07, 6.45) is 3.02. The van der Waals surface area contributed by atoms with Gasteiger partial charge in [-0.15, -0.1) is 16.4 Å². The number of thiophene rings is 1. The first-order valence-corrected chi connectivity index (χ1v) is 5.91. The summed E-state index contributed by atoms with van der Waals surface area (Å²) < 4.78 is 1.36. The fourth-order valence-electron chi connectivity index (χ4n) is 1.40. The van der Waals surface area contributed by atoms with Crippen molar-refractivity contribution in [3.8, 4) is 0 Å². The Labute approximate surface area is 106 Å². The molecule has 2 aromatic rings. The van der Waals surface area contributed by atoms with Crippen LogP contribution in [-0.4, -0.2) is 32.0 Å². The number of anilines is 1. The summed E-state index contributed by atoms with van der Waals surface area (Å²) in [5, 5.41) is 20.5. The van der Waals surface area contributed by atoms with E-state index in [0.717, 1.165) is 16.9 Å². The number of carboxylic acid groups (broad SMARTS) is 1. The van der Waals surface area contributed by atoms with Crippen molar-refractivity contribution in [1.29, 1.82) is 0 Å². The molecule has 8 heteroatoms. The summed E-state index contributed by atoms with van der Waals surface area (Å²) in [6, 6.07) is 0. The van der Waals surface area contributed by atoms with E-state index in [1.807, 2.05) is 0 Å². The van der Waals surface area contributed by atoms with Gasteiger partial charge < -0.3 is 10.4 Å². The van der Waals surface area contributed by atoms with Gasteiger partial charge in [-0.05, 0) is 17.9 Å². The molecule has 0 radical (unpaired) electrons. The number of nitrogens with zero attached hydrogens (tertiary/aromatic N) is 3. The van der Waals surface area contributed by atoms with Gasteiger partial charge in [0.1, 0.15) is 11.4 Å². The Kier molecular flexibility index (Phi) is 3.38. The predicted octanol–water partition coefficient (Wildman–Crippen LogP) is 0.985. The van der Waals surface area contributed by atoms with Crippen molar-refractivity contribution in [3.63, 3.8) is 0 Å². The summed E-state index contributed by atoms with van der Waals surface area (Å²) in [5.74, 6) is -1.39. The molecular formula is C10H10N4O3S. The molecule has 1 amide bonds. The third kappa shape index (κ3) is 2.54. The fraction of sp³-hybridized carbons (Fsp3) is 0.200. The molecule has 0 aliphatic carbocycles. The number of amides is 1. The van der Waals surface area contributed by atoms with Gasteiger partial charge in [0.05, 0.1) is 11.9 Å². The minimum atomic E-state index is -1.05. The van der Waals surface area contributed by atoms with Crippen LogP contribution in [0.3, 0.4) is 0 Å². The predicted molar refractivity (Wildman–Crippen MR) is 64.7 cm³/mol. The Balaban J connectivity index is 2.11. The highest BCUT2D eigenvalue weighted by atomic mass is 32.1. The molecule has 2 rings (SSSR count). The highest BCUT2D eigenvalue weighted by molar-refractivity contribution is 7.12. The molecule has 0 unspecified atom stereocenters. The van der Waals surface area contributed by atoms with Crippen LogP contribution in [0.1, 0.15) is 15.2 Å². The maximum absolute atomic E-state index is 11.7. The van der Waals surface area contributed by atoms with Crippen LogP contribution in [0.4, 0.5) is 5.69 Å². The van der Waals surface area contributed by atoms with Crippen LogP contribution in [0.15, 0.2) is 17.8 Å². The normalized spacial score (nSPS) is 10.3. The maximum atomic E-state index is 11.7. The van der Waals surface area contributed by atoms with E-state index in [9.17, 15) is 9.59 Å². The first-order valence-electron chi connectivity index (χ1n) is 5.03. The van der Waals surface area contributed by atoms with E-state index in [1.54, 1.807) is 18.5 Å². The lowest BCUT2D eigenvalue weighted by Crippen LogP contribution is -2.20. The molecule has 0 aliphatic rings. The van der Waals surface area contributed by atoms with Gasteiger partial charge in [-0.1, -0.05) is 5.21 Å². The molecule has 2 heterocycles. The molecule has 0 fully saturated rings. The lowest BCUT2D eigenvalue weighted by molar-refractivity contribution is -0.116. The smallest absolute Gasteiger partial charge is 0.348 e. The number of hydrogen-bond acceptors (Lipinski definition) is 5. The topological polar surface area (TPSA) is 97.1 Å². The average molecular weight is 266 g/mol. The average Bonchev–Trinajstić information content (AvgIpc) is 2.90. The molecule has 0 saturated carbocycles. The van der Waals surface area contributed by atoms with Gasteiger partial charge in [0.15, 0.2) is 0 Å². The Hall–Kier alpha value is -2.22. The molecule has 0 aromatic carbocycles.